The number of nitrogens with zero attached hydrogens (tertiary/aromatic N) is 6. The number of benzene rings is 3. The Morgan fingerprint density at radius 3 is 2.53 bits per heavy atom. The summed E-state index contributed by atoms with van der Waals surface area (Å²) < 4.78 is 22.8. The van der Waals surface area contributed by atoms with Crippen molar-refractivity contribution < 1.29 is 19.0 Å². The van der Waals surface area contributed by atoms with Crippen molar-refractivity contribution in [1.82, 2.24) is 34.6 Å². The second-order valence-electron chi connectivity index (χ2n) is 13.4. The minimum absolute atomic E-state index is 0.267. The summed E-state index contributed by atoms with van der Waals surface area (Å²) in [7, 11) is 0. The Morgan fingerprint density at radius 2 is 1.76 bits per heavy atom. The number of urea groups is 1. The molecule has 0 radical (unpaired) electrons. The van der Waals surface area contributed by atoms with Crippen LogP contribution in [0.5, 0.6) is 5.75 Å². The molecule has 1 saturated heterocycles. The van der Waals surface area contributed by atoms with E-state index in [1.807, 2.05) is 67.8 Å². The van der Waals surface area contributed by atoms with Crippen LogP contribution in [0.3, 0.4) is 0 Å². The highest BCUT2D eigenvalue weighted by Crippen LogP contribution is 2.32. The lowest BCUT2D eigenvalue weighted by molar-refractivity contribution is 0.0342. The van der Waals surface area contributed by atoms with E-state index >= 15 is 0 Å². The number of amides is 2. The number of phenols is 1. The molecule has 0 bridgehead atoms. The molecule has 0 saturated carbocycles. The number of carbonyl (C=O) groups excluding carboxylic acids is 1. The van der Waals surface area contributed by atoms with Crippen LogP contribution in [0.1, 0.15) is 37.6 Å². The molecular formula is C38H39FN8O3S. The maximum absolute atomic E-state index is 13.8. The number of phenolic OH excluding ortho intramolecular Hbond substituents is 1. The zero-order valence-electron chi connectivity index (χ0n) is 28.6. The molecule has 11 nitrogen and oxygen atoms in total. The van der Waals surface area contributed by atoms with E-state index in [0.717, 1.165) is 77.0 Å². The number of aromatic nitrogens is 5. The van der Waals surface area contributed by atoms with Crippen LogP contribution in [0, 0.1) is 5.82 Å². The van der Waals surface area contributed by atoms with Crippen LogP contribution in [-0.4, -0.2) is 66.7 Å². The third-order valence-corrected chi connectivity index (χ3v) is 9.73. The van der Waals surface area contributed by atoms with E-state index in [1.54, 1.807) is 17.8 Å². The van der Waals surface area contributed by atoms with Crippen LogP contribution < -0.4 is 10.6 Å². The zero-order valence-corrected chi connectivity index (χ0v) is 29.5. The molecule has 1 fully saturated rings. The van der Waals surface area contributed by atoms with Gasteiger partial charge in [0.15, 0.2) is 23.0 Å². The van der Waals surface area contributed by atoms with Gasteiger partial charge in [0, 0.05) is 65.3 Å². The van der Waals surface area contributed by atoms with Gasteiger partial charge in [0.05, 0.1) is 24.6 Å². The average Bonchev–Trinajstić information content (AvgIpc) is 3.75. The lowest BCUT2D eigenvalue weighted by atomic mass is 9.92. The summed E-state index contributed by atoms with van der Waals surface area (Å²) >= 11 is 1.59. The van der Waals surface area contributed by atoms with Crippen molar-refractivity contribution in [2.45, 2.75) is 49.1 Å². The van der Waals surface area contributed by atoms with Gasteiger partial charge >= 0.3 is 6.03 Å². The van der Waals surface area contributed by atoms with Crippen molar-refractivity contribution in [1.29, 1.82) is 0 Å². The topological polar surface area (TPSA) is 122 Å². The molecule has 0 atom stereocenters. The number of morpholine rings is 1. The first kappa shape index (κ1) is 34.2. The Balaban J connectivity index is 1.04. The summed E-state index contributed by atoms with van der Waals surface area (Å²) in [4.78, 5) is 17.6. The smallest absolute Gasteiger partial charge is 0.320 e. The largest absolute Gasteiger partial charge is 0.505 e. The summed E-state index contributed by atoms with van der Waals surface area (Å²) in [6.07, 6.45) is 2.04. The normalized spacial score (nSPS) is 13.8. The number of fused-ring (bicyclic) bond motifs is 1. The lowest BCUT2D eigenvalue weighted by Gasteiger charge is -2.26. The number of hydrogen-bond donors (Lipinski definition) is 3. The molecule has 3 N–H and O–H groups in total. The maximum Gasteiger partial charge on any atom is 0.320 e. The Hall–Kier alpha value is -5.24. The number of ether oxygens (including phenoxy) is 1. The summed E-state index contributed by atoms with van der Waals surface area (Å²) in [5.74, 6) is -0.0892. The highest BCUT2D eigenvalue weighted by Gasteiger charge is 2.22. The molecule has 3 aromatic carbocycles. The molecule has 4 heterocycles. The van der Waals surface area contributed by atoms with Gasteiger partial charge in [0.2, 0.25) is 0 Å². The molecule has 13 heteroatoms. The summed E-state index contributed by atoms with van der Waals surface area (Å²) in [5.41, 5.74) is 4.73. The average molecular weight is 707 g/mol. The van der Waals surface area contributed by atoms with Crippen LogP contribution in [0.2, 0.25) is 0 Å². The van der Waals surface area contributed by atoms with Gasteiger partial charge < -0.3 is 15.2 Å². The molecule has 51 heavy (non-hydrogen) atoms. The van der Waals surface area contributed by atoms with E-state index in [4.69, 9.17) is 4.74 Å². The molecule has 0 spiro atoms. The monoisotopic (exact) mass is 706 g/mol. The third kappa shape index (κ3) is 7.90. The number of hydrogen-bond acceptors (Lipinski definition) is 8. The van der Waals surface area contributed by atoms with Crippen molar-refractivity contribution in [3.8, 4) is 22.8 Å². The highest BCUT2D eigenvalue weighted by atomic mass is 32.2. The number of pyridine rings is 1. The van der Waals surface area contributed by atoms with Crippen LogP contribution in [0.15, 0.2) is 101 Å². The summed E-state index contributed by atoms with van der Waals surface area (Å²) in [6, 6.07) is 25.6. The fraction of sp³-hybridized carbons (Fsp3) is 0.263. The highest BCUT2D eigenvalue weighted by molar-refractivity contribution is 7.99. The molecular weight excluding hydrogens is 668 g/mol. The number of nitrogens with one attached hydrogen (secondary N) is 2. The first-order chi connectivity index (χ1) is 24.6. The number of aromatic hydroxyl groups is 1. The van der Waals surface area contributed by atoms with Gasteiger partial charge in [-0.25, -0.2) is 13.9 Å². The Morgan fingerprint density at radius 1 is 0.980 bits per heavy atom. The van der Waals surface area contributed by atoms with Gasteiger partial charge in [-0.05, 0) is 41.5 Å². The van der Waals surface area contributed by atoms with Crippen LogP contribution in [0.25, 0.3) is 22.7 Å². The van der Waals surface area contributed by atoms with E-state index in [0.29, 0.717) is 11.5 Å². The van der Waals surface area contributed by atoms with Crippen molar-refractivity contribution in [2.24, 2.45) is 0 Å². The Bertz CT molecular complexity index is 2170. The number of halogens is 1. The van der Waals surface area contributed by atoms with Crippen molar-refractivity contribution in [3.63, 3.8) is 0 Å². The quantitative estimate of drug-likeness (QED) is 0.147. The first-order valence-electron chi connectivity index (χ1n) is 16.7. The Labute approximate surface area is 299 Å². The first-order valence-corrected chi connectivity index (χ1v) is 17.6. The fourth-order valence-corrected chi connectivity index (χ4v) is 6.75. The van der Waals surface area contributed by atoms with Gasteiger partial charge in [-0.3, -0.25) is 14.6 Å². The zero-order chi connectivity index (χ0) is 35.5. The molecule has 3 aromatic heterocycles. The van der Waals surface area contributed by atoms with Gasteiger partial charge in [-0.2, -0.15) is 5.10 Å². The predicted octanol–water partition coefficient (Wildman–Crippen LogP) is 7.03. The molecule has 2 amide bonds. The lowest BCUT2D eigenvalue weighted by Crippen LogP contribution is -2.35. The summed E-state index contributed by atoms with van der Waals surface area (Å²) in [5, 5.41) is 29.4. The van der Waals surface area contributed by atoms with E-state index in [2.05, 4.69) is 55.1 Å². The minimum atomic E-state index is -0.738. The molecule has 0 unspecified atom stereocenters. The predicted molar refractivity (Wildman–Crippen MR) is 195 cm³/mol. The molecule has 262 valence electrons. The van der Waals surface area contributed by atoms with Gasteiger partial charge in [0.1, 0.15) is 5.82 Å². The van der Waals surface area contributed by atoms with E-state index in [-0.39, 0.29) is 12.0 Å². The standard InChI is InChI=1S/C38H39FN8O3S/c1-38(2,3)33-21-35(47(44-33)28-12-14-30(39)31(48)20-28)41-37(49)40-22-27-6-4-5-7-32(27)51-29-13-15-34-42-43-36(46(34)24-29)26-10-8-25(9-11-26)23-45-16-18-50-19-17-45/h4-15,20-21,24,48H,16-19,22-23H2,1-3H3,(H2,40,41,49). The molecule has 1 aliphatic rings. The van der Waals surface area contributed by atoms with Gasteiger partial charge in [-0.15, -0.1) is 10.2 Å². The van der Waals surface area contributed by atoms with Crippen molar-refractivity contribution in [2.75, 3.05) is 31.6 Å². The third-order valence-electron chi connectivity index (χ3n) is 8.63. The van der Waals surface area contributed by atoms with Crippen LogP contribution in [-0.2, 0) is 23.2 Å². The van der Waals surface area contributed by atoms with Crippen molar-refractivity contribution in [3.05, 3.63) is 114 Å². The maximum atomic E-state index is 13.8. The number of rotatable bonds is 9. The van der Waals surface area contributed by atoms with Crippen LogP contribution in [0.4, 0.5) is 15.0 Å². The van der Waals surface area contributed by atoms with Crippen molar-refractivity contribution >= 4 is 29.3 Å². The van der Waals surface area contributed by atoms with E-state index in [9.17, 15) is 14.3 Å². The van der Waals surface area contributed by atoms with E-state index < -0.39 is 17.6 Å². The molecule has 0 aliphatic carbocycles. The molecule has 1 aliphatic heterocycles. The molecule has 6 aromatic rings. The van der Waals surface area contributed by atoms with Gasteiger partial charge in [0.25, 0.3) is 0 Å². The summed E-state index contributed by atoms with van der Waals surface area (Å²) in [6.45, 7) is 10.6. The number of anilines is 1. The van der Waals surface area contributed by atoms with Gasteiger partial charge in [-0.1, -0.05) is 75.0 Å². The number of carbonyl (C=O) groups is 1. The second-order valence-corrected chi connectivity index (χ2v) is 14.5. The van der Waals surface area contributed by atoms with Crippen LogP contribution >= 0.6 is 11.8 Å². The molecule has 7 rings (SSSR count). The SMILES string of the molecule is CC(C)(C)c1cc(NC(=O)NCc2ccccc2Sc2ccc3nnc(-c4ccc(CN5CCOCC5)cc4)n3c2)n(-c2ccc(F)c(O)c2)n1. The second kappa shape index (κ2) is 14.5. The fourth-order valence-electron chi connectivity index (χ4n) is 5.78. The Kier molecular flexibility index (Phi) is 9.76. The minimum Gasteiger partial charge on any atom is -0.505 e. The van der Waals surface area contributed by atoms with E-state index in [1.165, 1.54) is 22.4 Å².